The molecule has 3 aromatic rings. The van der Waals surface area contributed by atoms with Crippen molar-refractivity contribution >= 4 is 22.8 Å². The highest BCUT2D eigenvalue weighted by Crippen LogP contribution is 2.25. The van der Waals surface area contributed by atoms with E-state index in [1.807, 2.05) is 19.1 Å². The van der Waals surface area contributed by atoms with Crippen LogP contribution in [0.5, 0.6) is 0 Å². The fourth-order valence-corrected chi connectivity index (χ4v) is 2.17. The summed E-state index contributed by atoms with van der Waals surface area (Å²) < 4.78 is 6.77. The number of hydrogen-bond donors (Lipinski definition) is 1. The van der Waals surface area contributed by atoms with Gasteiger partial charge in [-0.3, -0.25) is 9.36 Å². The van der Waals surface area contributed by atoms with Crippen molar-refractivity contribution in [1.82, 2.24) is 9.55 Å². The zero-order valence-corrected chi connectivity index (χ0v) is 11.2. The molecule has 0 saturated heterocycles. The molecule has 0 saturated carbocycles. The molecule has 0 radical (unpaired) electrons. The molecule has 1 aromatic carbocycles. The SMILES string of the molecule is CCC(=O)n1ccc2cc(-c3nc(C(=O)O)co3)ccc21. The van der Waals surface area contributed by atoms with Crippen LogP contribution >= 0.6 is 0 Å². The van der Waals surface area contributed by atoms with Gasteiger partial charge in [-0.1, -0.05) is 6.92 Å². The molecular weight excluding hydrogens is 272 g/mol. The van der Waals surface area contributed by atoms with Crippen molar-refractivity contribution in [3.8, 4) is 11.5 Å². The molecule has 0 unspecified atom stereocenters. The van der Waals surface area contributed by atoms with Crippen LogP contribution in [-0.2, 0) is 0 Å². The third-order valence-corrected chi connectivity index (χ3v) is 3.23. The van der Waals surface area contributed by atoms with E-state index in [0.29, 0.717) is 12.0 Å². The Morgan fingerprint density at radius 2 is 2.14 bits per heavy atom. The van der Waals surface area contributed by atoms with Crippen molar-refractivity contribution in [3.63, 3.8) is 0 Å². The van der Waals surface area contributed by atoms with Crippen LogP contribution in [0.1, 0.15) is 28.6 Å². The molecule has 0 aliphatic carbocycles. The molecule has 0 amide bonds. The predicted molar refractivity (Wildman–Crippen MR) is 75.3 cm³/mol. The Morgan fingerprint density at radius 3 is 2.81 bits per heavy atom. The van der Waals surface area contributed by atoms with Crippen molar-refractivity contribution < 1.29 is 19.1 Å². The number of carbonyl (C=O) groups is 2. The van der Waals surface area contributed by atoms with Crippen LogP contribution in [0.3, 0.4) is 0 Å². The minimum Gasteiger partial charge on any atom is -0.476 e. The molecule has 0 spiro atoms. The van der Waals surface area contributed by atoms with Gasteiger partial charge in [-0.15, -0.1) is 0 Å². The molecule has 21 heavy (non-hydrogen) atoms. The smallest absolute Gasteiger partial charge is 0.357 e. The molecule has 3 rings (SSSR count). The molecule has 0 aliphatic heterocycles. The first-order valence-electron chi connectivity index (χ1n) is 6.43. The second-order valence-corrected chi connectivity index (χ2v) is 4.55. The van der Waals surface area contributed by atoms with Crippen LogP contribution in [0, 0.1) is 0 Å². The van der Waals surface area contributed by atoms with Crippen molar-refractivity contribution in [2.24, 2.45) is 0 Å². The lowest BCUT2D eigenvalue weighted by Gasteiger charge is -2.02. The molecule has 106 valence electrons. The van der Waals surface area contributed by atoms with Gasteiger partial charge >= 0.3 is 5.97 Å². The maximum Gasteiger partial charge on any atom is 0.357 e. The van der Waals surface area contributed by atoms with Gasteiger partial charge in [0, 0.05) is 23.6 Å². The highest BCUT2D eigenvalue weighted by atomic mass is 16.4. The summed E-state index contributed by atoms with van der Waals surface area (Å²) in [5, 5.41) is 9.71. The van der Waals surface area contributed by atoms with E-state index in [0.717, 1.165) is 17.2 Å². The summed E-state index contributed by atoms with van der Waals surface area (Å²) in [6.45, 7) is 1.81. The number of rotatable bonds is 3. The van der Waals surface area contributed by atoms with E-state index < -0.39 is 5.97 Å². The molecule has 0 bridgehead atoms. The monoisotopic (exact) mass is 284 g/mol. The van der Waals surface area contributed by atoms with Crippen molar-refractivity contribution in [3.05, 3.63) is 42.4 Å². The molecule has 0 atom stereocenters. The zero-order valence-electron chi connectivity index (χ0n) is 11.2. The molecule has 0 aliphatic rings. The quantitative estimate of drug-likeness (QED) is 0.799. The molecule has 0 fully saturated rings. The Kier molecular flexibility index (Phi) is 3.06. The normalized spacial score (nSPS) is 10.9. The van der Waals surface area contributed by atoms with Gasteiger partial charge in [0.1, 0.15) is 6.26 Å². The van der Waals surface area contributed by atoms with Gasteiger partial charge in [0.25, 0.3) is 0 Å². The number of carboxylic acids is 1. The summed E-state index contributed by atoms with van der Waals surface area (Å²) in [5.74, 6) is -0.878. The molecule has 1 N–H and O–H groups in total. The van der Waals surface area contributed by atoms with E-state index in [2.05, 4.69) is 4.98 Å². The van der Waals surface area contributed by atoms with Gasteiger partial charge in [0.2, 0.25) is 11.8 Å². The standard InChI is InChI=1S/C15H12N2O4/c1-2-13(18)17-6-5-9-7-10(3-4-12(9)17)14-16-11(8-21-14)15(19)20/h3-8H,2H2,1H3,(H,19,20). The lowest BCUT2D eigenvalue weighted by molar-refractivity contribution is 0.0690. The van der Waals surface area contributed by atoms with Crippen LogP contribution < -0.4 is 0 Å². The average Bonchev–Trinajstić information content (AvgIpc) is 3.12. The van der Waals surface area contributed by atoms with Crippen LogP contribution in [0.25, 0.3) is 22.4 Å². The van der Waals surface area contributed by atoms with E-state index in [4.69, 9.17) is 9.52 Å². The summed E-state index contributed by atoms with van der Waals surface area (Å²) in [6.07, 6.45) is 3.25. The van der Waals surface area contributed by atoms with E-state index >= 15 is 0 Å². The number of carboxylic acid groups (broad SMARTS) is 1. The van der Waals surface area contributed by atoms with Crippen LogP contribution in [0.2, 0.25) is 0 Å². The second kappa shape index (κ2) is 4.90. The zero-order chi connectivity index (χ0) is 15.0. The van der Waals surface area contributed by atoms with Crippen molar-refractivity contribution in [2.45, 2.75) is 13.3 Å². The molecule has 6 nitrogen and oxygen atoms in total. The molecular formula is C15H12N2O4. The van der Waals surface area contributed by atoms with Crippen LogP contribution in [0.4, 0.5) is 0 Å². The van der Waals surface area contributed by atoms with Crippen LogP contribution in [-0.4, -0.2) is 26.5 Å². The van der Waals surface area contributed by atoms with Gasteiger partial charge in [0.15, 0.2) is 5.69 Å². The summed E-state index contributed by atoms with van der Waals surface area (Å²) in [6, 6.07) is 7.18. The maximum absolute atomic E-state index is 11.8. The number of nitrogens with zero attached hydrogens (tertiary/aromatic N) is 2. The number of benzene rings is 1. The summed E-state index contributed by atoms with van der Waals surface area (Å²) in [7, 11) is 0. The number of carbonyl (C=O) groups excluding carboxylic acids is 1. The van der Waals surface area contributed by atoms with Crippen molar-refractivity contribution in [2.75, 3.05) is 0 Å². The third-order valence-electron chi connectivity index (χ3n) is 3.23. The topological polar surface area (TPSA) is 85.3 Å². The second-order valence-electron chi connectivity index (χ2n) is 4.55. The fraction of sp³-hybridized carbons (Fsp3) is 0.133. The van der Waals surface area contributed by atoms with Crippen LogP contribution in [0.15, 0.2) is 41.1 Å². The molecule has 6 heteroatoms. The Labute approximate surface area is 119 Å². The Hall–Kier alpha value is -2.89. The van der Waals surface area contributed by atoms with Gasteiger partial charge < -0.3 is 9.52 Å². The van der Waals surface area contributed by atoms with Gasteiger partial charge in [-0.25, -0.2) is 9.78 Å². The highest BCUT2D eigenvalue weighted by molar-refractivity contribution is 5.94. The summed E-state index contributed by atoms with van der Waals surface area (Å²) >= 11 is 0. The lowest BCUT2D eigenvalue weighted by atomic mass is 10.1. The van der Waals surface area contributed by atoms with Gasteiger partial charge in [-0.05, 0) is 24.3 Å². The predicted octanol–water partition coefficient (Wildman–Crippen LogP) is 3.04. The van der Waals surface area contributed by atoms with E-state index in [9.17, 15) is 9.59 Å². The maximum atomic E-state index is 11.8. The molecule has 2 heterocycles. The number of aromatic nitrogens is 2. The lowest BCUT2D eigenvalue weighted by Crippen LogP contribution is -2.06. The van der Waals surface area contributed by atoms with Gasteiger partial charge in [0.05, 0.1) is 5.52 Å². The van der Waals surface area contributed by atoms with E-state index in [1.54, 1.807) is 22.9 Å². The Morgan fingerprint density at radius 1 is 1.33 bits per heavy atom. The minimum atomic E-state index is -1.13. The van der Waals surface area contributed by atoms with Gasteiger partial charge in [-0.2, -0.15) is 0 Å². The highest BCUT2D eigenvalue weighted by Gasteiger charge is 2.13. The van der Waals surface area contributed by atoms with E-state index in [1.165, 1.54) is 0 Å². The minimum absolute atomic E-state index is 0.0158. The van der Waals surface area contributed by atoms with Crippen molar-refractivity contribution in [1.29, 1.82) is 0 Å². The number of hydrogen-bond acceptors (Lipinski definition) is 4. The van der Waals surface area contributed by atoms with E-state index in [-0.39, 0.29) is 17.5 Å². The fourth-order valence-electron chi connectivity index (χ4n) is 2.17. The number of fused-ring (bicyclic) bond motifs is 1. The Bertz CT molecular complexity index is 844. The summed E-state index contributed by atoms with van der Waals surface area (Å²) in [4.78, 5) is 26.5. The number of aromatic carboxylic acids is 1. The molecule has 2 aromatic heterocycles. The number of oxazole rings is 1. The largest absolute Gasteiger partial charge is 0.476 e. The first kappa shape index (κ1) is 13.1. The average molecular weight is 284 g/mol. The third kappa shape index (κ3) is 2.20. The first-order chi connectivity index (χ1) is 10.1. The first-order valence-corrected chi connectivity index (χ1v) is 6.43. The summed E-state index contributed by atoms with van der Waals surface area (Å²) in [5.41, 5.74) is 1.33. The Balaban J connectivity index is 2.05.